The molecular weight excluding hydrogens is 224 g/mol. The number of aromatic nitrogens is 1. The summed E-state index contributed by atoms with van der Waals surface area (Å²) in [6.45, 7) is 0.714. The molecule has 0 saturated heterocycles. The zero-order valence-electron chi connectivity index (χ0n) is 9.69. The maximum absolute atomic E-state index is 4.57. The molecule has 18 heavy (non-hydrogen) atoms. The molecule has 0 aliphatic carbocycles. The van der Waals surface area contributed by atoms with E-state index in [-0.39, 0.29) is 0 Å². The third-order valence-corrected chi connectivity index (χ3v) is 3.15. The molecule has 2 aliphatic rings. The molecular formula is C14H11N4. The number of hydrogen-bond donors (Lipinski definition) is 0. The second kappa shape index (κ2) is 3.50. The zero-order valence-corrected chi connectivity index (χ0v) is 9.69. The first-order chi connectivity index (χ1) is 8.92. The van der Waals surface area contributed by atoms with Crippen LogP contribution >= 0.6 is 0 Å². The SMILES string of the molecule is [c]1cc2ccccc2n1N1CN2C=CC=CC2=N1. The van der Waals surface area contributed by atoms with E-state index in [0.29, 0.717) is 6.67 Å². The number of amidine groups is 1. The molecule has 0 N–H and O–H groups in total. The van der Waals surface area contributed by atoms with Crippen LogP contribution in [0, 0.1) is 6.20 Å². The normalized spacial score (nSPS) is 17.4. The lowest BCUT2D eigenvalue weighted by Gasteiger charge is -2.18. The molecule has 4 nitrogen and oxygen atoms in total. The van der Waals surface area contributed by atoms with E-state index in [9.17, 15) is 0 Å². The van der Waals surface area contributed by atoms with Gasteiger partial charge in [0.25, 0.3) is 0 Å². The number of benzene rings is 1. The molecule has 1 aromatic carbocycles. The molecule has 0 fully saturated rings. The van der Waals surface area contributed by atoms with Crippen molar-refractivity contribution in [2.24, 2.45) is 5.10 Å². The monoisotopic (exact) mass is 235 g/mol. The molecule has 2 aromatic rings. The van der Waals surface area contributed by atoms with Gasteiger partial charge >= 0.3 is 0 Å². The van der Waals surface area contributed by atoms with Gasteiger partial charge in [0.05, 0.1) is 11.7 Å². The molecule has 4 rings (SSSR count). The van der Waals surface area contributed by atoms with Gasteiger partial charge in [-0.1, -0.05) is 24.3 Å². The predicted octanol–water partition coefficient (Wildman–Crippen LogP) is 2.05. The molecule has 1 aromatic heterocycles. The van der Waals surface area contributed by atoms with Crippen LogP contribution in [0.2, 0.25) is 0 Å². The van der Waals surface area contributed by atoms with E-state index in [4.69, 9.17) is 0 Å². The zero-order chi connectivity index (χ0) is 11.9. The van der Waals surface area contributed by atoms with Crippen LogP contribution in [0.15, 0.2) is 59.9 Å². The average molecular weight is 235 g/mol. The van der Waals surface area contributed by atoms with E-state index in [1.54, 1.807) is 0 Å². The molecule has 2 aliphatic heterocycles. The molecule has 0 amide bonds. The Labute approximate surface area is 105 Å². The van der Waals surface area contributed by atoms with Crippen LogP contribution in [-0.2, 0) is 0 Å². The van der Waals surface area contributed by atoms with Gasteiger partial charge in [-0.25, -0.2) is 4.68 Å². The number of hydrazone groups is 1. The number of nitrogens with zero attached hydrogens (tertiary/aromatic N) is 4. The van der Waals surface area contributed by atoms with Crippen molar-refractivity contribution in [3.05, 3.63) is 61.0 Å². The van der Waals surface area contributed by atoms with Crippen LogP contribution in [0.25, 0.3) is 10.9 Å². The quantitative estimate of drug-likeness (QED) is 0.755. The smallest absolute Gasteiger partial charge is 0.156 e. The lowest BCUT2D eigenvalue weighted by Crippen LogP contribution is -2.32. The van der Waals surface area contributed by atoms with Gasteiger partial charge in [0.1, 0.15) is 6.67 Å². The van der Waals surface area contributed by atoms with Gasteiger partial charge in [-0.3, -0.25) is 0 Å². The molecule has 0 atom stereocenters. The Hall–Kier alpha value is -2.49. The number of hydrogen-bond acceptors (Lipinski definition) is 3. The maximum atomic E-state index is 4.57. The summed E-state index contributed by atoms with van der Waals surface area (Å²) in [7, 11) is 0. The van der Waals surface area contributed by atoms with Crippen molar-refractivity contribution >= 4 is 16.7 Å². The van der Waals surface area contributed by atoms with E-state index >= 15 is 0 Å². The predicted molar refractivity (Wildman–Crippen MR) is 71.4 cm³/mol. The first-order valence-corrected chi connectivity index (χ1v) is 5.88. The standard InChI is InChI=1S/C14H11N4/c1-2-6-13-12(5-1)8-10-17(13)18-11-16-9-4-3-7-14(16)15-18/h1-9H,11H2. The van der Waals surface area contributed by atoms with Crippen molar-refractivity contribution in [1.29, 1.82) is 0 Å². The number of para-hydroxylation sites is 1. The van der Waals surface area contributed by atoms with E-state index in [2.05, 4.69) is 28.3 Å². The number of allylic oxidation sites excluding steroid dienone is 2. The molecule has 0 spiro atoms. The highest BCUT2D eigenvalue weighted by atomic mass is 15.8. The lowest BCUT2D eigenvalue weighted by molar-refractivity contribution is 0.518. The van der Waals surface area contributed by atoms with Gasteiger partial charge in [-0.15, -0.1) is 5.10 Å². The van der Waals surface area contributed by atoms with Crippen LogP contribution in [0.4, 0.5) is 0 Å². The van der Waals surface area contributed by atoms with Crippen molar-refractivity contribution < 1.29 is 0 Å². The van der Waals surface area contributed by atoms with Crippen LogP contribution < -0.4 is 5.12 Å². The highest BCUT2D eigenvalue weighted by Crippen LogP contribution is 2.18. The third kappa shape index (κ3) is 1.29. The highest BCUT2D eigenvalue weighted by molar-refractivity contribution is 5.96. The summed E-state index contributed by atoms with van der Waals surface area (Å²) in [6.07, 6.45) is 11.3. The summed E-state index contributed by atoms with van der Waals surface area (Å²) in [6, 6.07) is 10.2. The topological polar surface area (TPSA) is 23.8 Å². The summed E-state index contributed by atoms with van der Waals surface area (Å²) >= 11 is 0. The summed E-state index contributed by atoms with van der Waals surface area (Å²) in [5.41, 5.74) is 1.12. The van der Waals surface area contributed by atoms with Crippen molar-refractivity contribution in [3.63, 3.8) is 0 Å². The van der Waals surface area contributed by atoms with Crippen molar-refractivity contribution in [2.45, 2.75) is 0 Å². The van der Waals surface area contributed by atoms with E-state index < -0.39 is 0 Å². The van der Waals surface area contributed by atoms with Crippen LogP contribution in [-0.4, -0.2) is 22.1 Å². The molecule has 1 radical (unpaired) electrons. The molecule has 0 unspecified atom stereocenters. The minimum atomic E-state index is 0.714. The van der Waals surface area contributed by atoms with Crippen LogP contribution in [0.1, 0.15) is 0 Å². The van der Waals surface area contributed by atoms with Gasteiger partial charge in [-0.05, 0) is 24.3 Å². The Balaban J connectivity index is 1.79. The minimum absolute atomic E-state index is 0.714. The third-order valence-electron chi connectivity index (χ3n) is 3.15. The molecule has 0 bridgehead atoms. The maximum Gasteiger partial charge on any atom is 0.156 e. The Morgan fingerprint density at radius 2 is 2.11 bits per heavy atom. The lowest BCUT2D eigenvalue weighted by atomic mass is 10.3. The fraction of sp³-hybridized carbons (Fsp3) is 0.0714. The van der Waals surface area contributed by atoms with Crippen molar-refractivity contribution in [1.82, 2.24) is 9.58 Å². The first kappa shape index (κ1) is 9.53. The first-order valence-electron chi connectivity index (χ1n) is 5.88. The Bertz CT molecular complexity index is 693. The second-order valence-corrected chi connectivity index (χ2v) is 4.29. The molecule has 3 heterocycles. The molecule has 87 valence electrons. The number of fused-ring (bicyclic) bond motifs is 2. The second-order valence-electron chi connectivity index (χ2n) is 4.29. The van der Waals surface area contributed by atoms with Crippen molar-refractivity contribution in [3.8, 4) is 0 Å². The molecule has 4 heteroatoms. The Kier molecular flexibility index (Phi) is 1.85. The summed E-state index contributed by atoms with van der Waals surface area (Å²) < 4.78 is 1.96. The van der Waals surface area contributed by atoms with E-state index in [1.807, 2.05) is 52.4 Å². The van der Waals surface area contributed by atoms with Crippen molar-refractivity contribution in [2.75, 3.05) is 11.8 Å². The molecule has 0 saturated carbocycles. The van der Waals surface area contributed by atoms with Gasteiger partial charge < -0.3 is 4.90 Å². The average Bonchev–Trinajstić information content (AvgIpc) is 3.02. The van der Waals surface area contributed by atoms with Crippen LogP contribution in [0.5, 0.6) is 0 Å². The van der Waals surface area contributed by atoms with Gasteiger partial charge in [0, 0.05) is 11.6 Å². The summed E-state index contributed by atoms with van der Waals surface area (Å²) in [5.74, 6) is 0.962. The van der Waals surface area contributed by atoms with Gasteiger partial charge in [-0.2, -0.15) is 5.12 Å². The minimum Gasteiger partial charge on any atom is -0.310 e. The summed E-state index contributed by atoms with van der Waals surface area (Å²) in [5, 5.41) is 7.66. The van der Waals surface area contributed by atoms with Gasteiger partial charge in [0.2, 0.25) is 0 Å². The number of rotatable bonds is 1. The van der Waals surface area contributed by atoms with Crippen LogP contribution in [0.3, 0.4) is 0 Å². The Morgan fingerprint density at radius 1 is 1.17 bits per heavy atom. The van der Waals surface area contributed by atoms with Gasteiger partial charge in [0.15, 0.2) is 5.84 Å². The Morgan fingerprint density at radius 3 is 3.06 bits per heavy atom. The van der Waals surface area contributed by atoms with E-state index in [0.717, 1.165) is 11.4 Å². The summed E-state index contributed by atoms with van der Waals surface area (Å²) in [4.78, 5) is 2.10. The largest absolute Gasteiger partial charge is 0.310 e. The fourth-order valence-corrected chi connectivity index (χ4v) is 2.27. The highest BCUT2D eigenvalue weighted by Gasteiger charge is 2.22. The van der Waals surface area contributed by atoms with E-state index in [1.165, 1.54) is 5.39 Å². The fourth-order valence-electron chi connectivity index (χ4n) is 2.27.